The van der Waals surface area contributed by atoms with E-state index in [0.29, 0.717) is 22.7 Å². The molecule has 0 aliphatic heterocycles. The van der Waals surface area contributed by atoms with Crippen molar-refractivity contribution in [2.75, 3.05) is 19.5 Å². The van der Waals surface area contributed by atoms with E-state index in [9.17, 15) is 4.79 Å². The molecular weight excluding hydrogens is 306 g/mol. The van der Waals surface area contributed by atoms with Gasteiger partial charge >= 0.3 is 5.69 Å². The summed E-state index contributed by atoms with van der Waals surface area (Å²) in [6, 6.07) is 11.8. The maximum absolute atomic E-state index is 12.1. The third-order valence-electron chi connectivity index (χ3n) is 2.89. The molecule has 1 amide bonds. The lowest BCUT2D eigenvalue weighted by Crippen LogP contribution is -3.00. The van der Waals surface area contributed by atoms with Gasteiger partial charge in [-0.1, -0.05) is 18.2 Å². The van der Waals surface area contributed by atoms with Crippen molar-refractivity contribution in [1.82, 2.24) is 0 Å². The van der Waals surface area contributed by atoms with Gasteiger partial charge in [0.25, 0.3) is 5.91 Å². The number of nitrogens with one attached hydrogen (secondary N) is 1. The van der Waals surface area contributed by atoms with E-state index in [1.165, 1.54) is 26.4 Å². The van der Waals surface area contributed by atoms with E-state index in [1.807, 2.05) is 6.07 Å². The molecule has 114 valence electrons. The molecule has 0 aliphatic rings. The number of diazo groups is 1. The Kier molecular flexibility index (Phi) is 6.17. The first-order valence-corrected chi connectivity index (χ1v) is 6.17. The number of rotatable bonds is 4. The molecule has 0 unspecified atom stereocenters. The van der Waals surface area contributed by atoms with Crippen LogP contribution in [0.15, 0.2) is 42.5 Å². The van der Waals surface area contributed by atoms with Crippen molar-refractivity contribution in [2.45, 2.75) is 0 Å². The Balaban J connectivity index is 0.00000242. The molecule has 2 rings (SSSR count). The van der Waals surface area contributed by atoms with Crippen LogP contribution in [0.5, 0.6) is 11.5 Å². The second kappa shape index (κ2) is 7.86. The summed E-state index contributed by atoms with van der Waals surface area (Å²) >= 11 is 0. The predicted octanol–water partition coefficient (Wildman–Crippen LogP) is 0.445. The number of carbonyl (C=O) groups excluding carboxylic acids is 1. The normalized spacial score (nSPS) is 9.14. The molecule has 0 fully saturated rings. The number of carbonyl (C=O) groups is 1. The van der Waals surface area contributed by atoms with Crippen LogP contribution in [0.3, 0.4) is 0 Å². The number of methoxy groups -OCH3 is 2. The molecule has 0 radical (unpaired) electrons. The highest BCUT2D eigenvalue weighted by molar-refractivity contribution is 6.05. The van der Waals surface area contributed by atoms with Gasteiger partial charge < -0.3 is 27.2 Å². The highest BCUT2D eigenvalue weighted by atomic mass is 35.5. The number of halogens is 1. The molecule has 7 heteroatoms. The van der Waals surface area contributed by atoms with Crippen molar-refractivity contribution in [1.29, 1.82) is 5.39 Å². The predicted molar refractivity (Wildman–Crippen MR) is 78.7 cm³/mol. The fourth-order valence-corrected chi connectivity index (χ4v) is 1.84. The molecule has 0 heterocycles. The molecular formula is C15H14ClN3O3. The lowest BCUT2D eigenvalue weighted by Gasteiger charge is -2.10. The van der Waals surface area contributed by atoms with E-state index >= 15 is 0 Å². The minimum atomic E-state index is -0.289. The average molecular weight is 320 g/mol. The van der Waals surface area contributed by atoms with Crippen LogP contribution < -0.4 is 27.2 Å². The number of ether oxygens (including phenoxy) is 2. The number of hydrogen-bond acceptors (Lipinski definition) is 4. The third-order valence-corrected chi connectivity index (χ3v) is 2.89. The molecule has 2 aromatic rings. The summed E-state index contributed by atoms with van der Waals surface area (Å²) in [6.45, 7) is 0. The number of benzene rings is 2. The molecule has 0 bridgehead atoms. The molecule has 0 saturated carbocycles. The zero-order valence-electron chi connectivity index (χ0n) is 12.0. The van der Waals surface area contributed by atoms with E-state index < -0.39 is 0 Å². The highest BCUT2D eigenvalue weighted by Crippen LogP contribution is 2.38. The molecule has 0 aromatic heterocycles. The minimum Gasteiger partial charge on any atom is -1.00 e. The maximum Gasteiger partial charge on any atom is 0.428 e. The summed E-state index contributed by atoms with van der Waals surface area (Å²) in [7, 11) is 2.92. The zero-order valence-corrected chi connectivity index (χ0v) is 12.8. The van der Waals surface area contributed by atoms with Crippen LogP contribution in [0.1, 0.15) is 10.4 Å². The van der Waals surface area contributed by atoms with Gasteiger partial charge in [0, 0.05) is 11.6 Å². The Morgan fingerprint density at radius 3 is 2.27 bits per heavy atom. The first-order valence-electron chi connectivity index (χ1n) is 6.17. The number of amides is 1. The van der Waals surface area contributed by atoms with Crippen LogP contribution in [-0.2, 0) is 0 Å². The van der Waals surface area contributed by atoms with Crippen LogP contribution in [0.25, 0.3) is 4.98 Å². The van der Waals surface area contributed by atoms with Crippen molar-refractivity contribution < 1.29 is 26.7 Å². The van der Waals surface area contributed by atoms with Gasteiger partial charge in [0.2, 0.25) is 11.1 Å². The number of anilines is 1. The molecule has 0 spiro atoms. The standard InChI is InChI=1S/C15H13N3O3.ClH/c1-20-13-9-14(21-2)12(18-16)8-11(13)17-15(19)10-6-4-3-5-7-10;/h3-9H,1-2H3;1H. The van der Waals surface area contributed by atoms with Crippen molar-refractivity contribution in [3.8, 4) is 11.5 Å². The van der Waals surface area contributed by atoms with Gasteiger partial charge in [0.15, 0.2) is 4.98 Å². The molecule has 0 atom stereocenters. The summed E-state index contributed by atoms with van der Waals surface area (Å²) in [5.41, 5.74) is 1.10. The van der Waals surface area contributed by atoms with Gasteiger partial charge in [0.05, 0.1) is 26.0 Å². The first-order chi connectivity index (χ1) is 10.2. The van der Waals surface area contributed by atoms with Gasteiger partial charge in [-0.05, 0) is 12.1 Å². The van der Waals surface area contributed by atoms with Gasteiger partial charge in [-0.25, -0.2) is 0 Å². The summed E-state index contributed by atoms with van der Waals surface area (Å²) in [4.78, 5) is 15.3. The van der Waals surface area contributed by atoms with Gasteiger partial charge in [0.1, 0.15) is 5.75 Å². The molecule has 0 aliphatic carbocycles. The smallest absolute Gasteiger partial charge is 0.428 e. The average Bonchev–Trinajstić information content (AvgIpc) is 2.55. The fourth-order valence-electron chi connectivity index (χ4n) is 1.84. The van der Waals surface area contributed by atoms with Crippen LogP contribution in [-0.4, -0.2) is 20.1 Å². The van der Waals surface area contributed by atoms with Crippen molar-refractivity contribution in [2.24, 2.45) is 0 Å². The Morgan fingerprint density at radius 2 is 1.73 bits per heavy atom. The highest BCUT2D eigenvalue weighted by Gasteiger charge is 2.21. The lowest BCUT2D eigenvalue weighted by atomic mass is 10.2. The maximum atomic E-state index is 12.1. The Hall–Kier alpha value is -2.78. The SMILES string of the molecule is COc1cc(OC)c(NC(=O)c2ccccc2)cc1[N+]#N.[Cl-]. The Bertz CT molecular complexity index is 699. The minimum absolute atomic E-state index is 0. The first kappa shape index (κ1) is 17.3. The quantitative estimate of drug-likeness (QED) is 0.830. The van der Waals surface area contributed by atoms with Crippen molar-refractivity contribution >= 4 is 17.3 Å². The lowest BCUT2D eigenvalue weighted by molar-refractivity contribution is -0.0000126. The van der Waals surface area contributed by atoms with E-state index in [-0.39, 0.29) is 24.0 Å². The van der Waals surface area contributed by atoms with Crippen molar-refractivity contribution in [3.63, 3.8) is 0 Å². The number of hydrogen-bond donors (Lipinski definition) is 1. The molecule has 0 saturated heterocycles. The van der Waals surface area contributed by atoms with E-state index in [2.05, 4.69) is 10.3 Å². The fraction of sp³-hybridized carbons (Fsp3) is 0.133. The summed E-state index contributed by atoms with van der Waals surface area (Å²) < 4.78 is 10.3. The second-order valence-electron chi connectivity index (χ2n) is 4.14. The van der Waals surface area contributed by atoms with Crippen molar-refractivity contribution in [3.05, 3.63) is 53.0 Å². The van der Waals surface area contributed by atoms with Gasteiger partial charge in [-0.3, -0.25) is 4.79 Å². The molecule has 6 nitrogen and oxygen atoms in total. The third kappa shape index (κ3) is 3.65. The van der Waals surface area contributed by atoms with Crippen LogP contribution in [0.2, 0.25) is 0 Å². The molecule has 2 aromatic carbocycles. The zero-order chi connectivity index (χ0) is 15.2. The topological polar surface area (TPSA) is 75.7 Å². The van der Waals surface area contributed by atoms with E-state index in [1.54, 1.807) is 24.3 Å². The molecule has 1 N–H and O–H groups in total. The van der Waals surface area contributed by atoms with Crippen LogP contribution >= 0.6 is 0 Å². The van der Waals surface area contributed by atoms with Crippen LogP contribution in [0.4, 0.5) is 11.4 Å². The summed E-state index contributed by atoms with van der Waals surface area (Å²) in [5.74, 6) is 0.457. The number of nitrogens with zero attached hydrogens (tertiary/aromatic N) is 2. The van der Waals surface area contributed by atoms with Gasteiger partial charge in [-0.15, -0.1) is 0 Å². The largest absolute Gasteiger partial charge is 1.00 e. The summed E-state index contributed by atoms with van der Waals surface area (Å²) in [5, 5.41) is 11.7. The second-order valence-corrected chi connectivity index (χ2v) is 4.14. The molecule has 22 heavy (non-hydrogen) atoms. The monoisotopic (exact) mass is 319 g/mol. The van der Waals surface area contributed by atoms with Gasteiger partial charge in [-0.2, -0.15) is 0 Å². The van der Waals surface area contributed by atoms with E-state index in [4.69, 9.17) is 14.9 Å². The Labute approximate surface area is 134 Å². The van der Waals surface area contributed by atoms with E-state index in [0.717, 1.165) is 0 Å². The Morgan fingerprint density at radius 1 is 1.09 bits per heavy atom. The van der Waals surface area contributed by atoms with Crippen LogP contribution in [0, 0.1) is 5.39 Å². The summed E-state index contributed by atoms with van der Waals surface area (Å²) in [6.07, 6.45) is 0.